The normalized spacial score (nSPS) is 21.4. The summed E-state index contributed by atoms with van der Waals surface area (Å²) in [5, 5.41) is 3.46. The van der Waals surface area contributed by atoms with Gasteiger partial charge in [0.25, 0.3) is 5.91 Å². The fourth-order valence-corrected chi connectivity index (χ4v) is 5.77. The molecule has 2 aromatic carbocycles. The predicted molar refractivity (Wildman–Crippen MR) is 152 cm³/mol. The highest BCUT2D eigenvalue weighted by Gasteiger charge is 2.36. The summed E-state index contributed by atoms with van der Waals surface area (Å²) in [6, 6.07) is 20.3. The molecule has 1 N–H and O–H groups in total. The fraction of sp³-hybridized carbons (Fsp3) is 0.452. The fourth-order valence-electron chi connectivity index (χ4n) is 5.77. The molecule has 2 amide bonds. The molecule has 0 spiro atoms. The van der Waals surface area contributed by atoms with Gasteiger partial charge in [-0.3, -0.25) is 4.79 Å². The monoisotopic (exact) mass is 529 g/mol. The number of amides is 2. The molecule has 0 unspecified atom stereocenters. The second kappa shape index (κ2) is 12.5. The molecule has 1 aliphatic carbocycles. The molecule has 39 heavy (non-hydrogen) atoms. The van der Waals surface area contributed by atoms with Crippen molar-refractivity contribution in [2.24, 2.45) is 0 Å². The third-order valence-corrected chi connectivity index (χ3v) is 8.03. The van der Waals surface area contributed by atoms with Gasteiger partial charge in [0.15, 0.2) is 5.69 Å². The Bertz CT molecular complexity index is 1250. The van der Waals surface area contributed by atoms with Crippen LogP contribution < -0.4 is 5.32 Å². The first-order chi connectivity index (χ1) is 19.1. The van der Waals surface area contributed by atoms with E-state index in [0.29, 0.717) is 18.8 Å². The summed E-state index contributed by atoms with van der Waals surface area (Å²) in [5.74, 6) is -0.0508. The van der Waals surface area contributed by atoms with Crippen molar-refractivity contribution in [3.8, 4) is 11.3 Å². The molecule has 0 bridgehead atoms. The van der Waals surface area contributed by atoms with E-state index >= 15 is 0 Å². The molecule has 5 rings (SSSR count). The maximum absolute atomic E-state index is 14.2. The minimum Gasteiger partial charge on any atom is -0.444 e. The summed E-state index contributed by atoms with van der Waals surface area (Å²) in [5.41, 5.74) is 3.41. The number of piperazine rings is 1. The van der Waals surface area contributed by atoms with Crippen LogP contribution in [-0.2, 0) is 11.2 Å². The Morgan fingerprint density at radius 3 is 2.51 bits per heavy atom. The van der Waals surface area contributed by atoms with Gasteiger partial charge in [0.2, 0.25) is 0 Å². The van der Waals surface area contributed by atoms with E-state index in [2.05, 4.69) is 22.0 Å². The smallest absolute Gasteiger partial charge is 0.409 e. The molecule has 8 heteroatoms. The first-order valence-electron chi connectivity index (χ1n) is 14.2. The van der Waals surface area contributed by atoms with E-state index in [1.54, 1.807) is 18.3 Å². The van der Waals surface area contributed by atoms with Crippen LogP contribution in [0.15, 0.2) is 67.0 Å². The lowest BCUT2D eigenvalue weighted by Crippen LogP contribution is -2.54. The summed E-state index contributed by atoms with van der Waals surface area (Å²) in [6.45, 7) is 4.65. The number of ether oxygens (including phenoxy) is 1. The molecule has 2 fully saturated rings. The van der Waals surface area contributed by atoms with Gasteiger partial charge in [0.05, 0.1) is 18.1 Å². The van der Waals surface area contributed by atoms with Gasteiger partial charge in [0.1, 0.15) is 6.10 Å². The molecule has 0 radical (unpaired) electrons. The number of hydrogen-bond acceptors (Lipinski definition) is 5. The van der Waals surface area contributed by atoms with E-state index in [1.165, 1.54) is 5.56 Å². The molecule has 206 valence electrons. The Balaban J connectivity index is 1.49. The van der Waals surface area contributed by atoms with E-state index < -0.39 is 0 Å². The van der Waals surface area contributed by atoms with Crippen molar-refractivity contribution in [3.63, 3.8) is 0 Å². The lowest BCUT2D eigenvalue weighted by atomic mass is 9.91. The van der Waals surface area contributed by atoms with Crippen molar-refractivity contribution in [3.05, 3.63) is 78.2 Å². The average molecular weight is 530 g/mol. The second-order valence-corrected chi connectivity index (χ2v) is 10.5. The highest BCUT2D eigenvalue weighted by atomic mass is 16.6. The van der Waals surface area contributed by atoms with Crippen LogP contribution in [0.3, 0.4) is 0 Å². The Morgan fingerprint density at radius 1 is 1.05 bits per heavy atom. The van der Waals surface area contributed by atoms with Crippen LogP contribution in [0.25, 0.3) is 11.3 Å². The van der Waals surface area contributed by atoms with Gasteiger partial charge in [-0.25, -0.2) is 9.78 Å². The van der Waals surface area contributed by atoms with Gasteiger partial charge in [-0.2, -0.15) is 0 Å². The van der Waals surface area contributed by atoms with Crippen LogP contribution in [0.5, 0.6) is 0 Å². The Morgan fingerprint density at radius 2 is 1.77 bits per heavy atom. The topological polar surface area (TPSA) is 79.7 Å². The van der Waals surface area contributed by atoms with Crippen LogP contribution in [0.2, 0.25) is 0 Å². The molecule has 1 saturated carbocycles. The highest BCUT2D eigenvalue weighted by Crippen LogP contribution is 2.36. The molecule has 8 nitrogen and oxygen atoms in total. The standard InChI is InChI=1S/C31H39N5O3/c1-3-34(2)31(38)39-27-17-11-10-16-26(27)36-22-33-28(29(36)24-14-8-5-9-15-24)30(37)35-19-18-32-21-25(35)20-23-12-6-4-7-13-23/h4-9,12-15,22,25-27,32H,3,10-11,16-21H2,1-2H3/t25-,26+,27+/m1/s1. The number of imidazole rings is 1. The summed E-state index contributed by atoms with van der Waals surface area (Å²) >= 11 is 0. The number of rotatable bonds is 7. The van der Waals surface area contributed by atoms with Crippen LogP contribution in [0.4, 0.5) is 4.79 Å². The third-order valence-electron chi connectivity index (χ3n) is 8.03. The van der Waals surface area contributed by atoms with Gasteiger partial charge in [-0.05, 0) is 38.2 Å². The minimum absolute atomic E-state index is 0.0374. The number of nitrogens with one attached hydrogen (secondary N) is 1. The van der Waals surface area contributed by atoms with Gasteiger partial charge in [-0.15, -0.1) is 0 Å². The zero-order chi connectivity index (χ0) is 27.2. The summed E-state index contributed by atoms with van der Waals surface area (Å²) in [6.07, 6.45) is 5.68. The summed E-state index contributed by atoms with van der Waals surface area (Å²) in [7, 11) is 1.75. The number of aromatic nitrogens is 2. The van der Waals surface area contributed by atoms with E-state index in [4.69, 9.17) is 9.72 Å². The number of carbonyl (C=O) groups is 2. The van der Waals surface area contributed by atoms with Crippen LogP contribution in [0, 0.1) is 0 Å². The Kier molecular flexibility index (Phi) is 8.61. The molecule has 1 aromatic heterocycles. The van der Waals surface area contributed by atoms with Crippen molar-refractivity contribution in [1.82, 2.24) is 24.7 Å². The van der Waals surface area contributed by atoms with Crippen molar-refractivity contribution in [2.45, 2.75) is 57.2 Å². The third kappa shape index (κ3) is 6.01. The lowest BCUT2D eigenvalue weighted by molar-refractivity contribution is 0.0240. The molecule has 3 atom stereocenters. The first-order valence-corrected chi connectivity index (χ1v) is 14.2. The summed E-state index contributed by atoms with van der Waals surface area (Å²) in [4.78, 5) is 35.2. The molecular weight excluding hydrogens is 490 g/mol. The van der Waals surface area contributed by atoms with Crippen molar-refractivity contribution in [2.75, 3.05) is 33.2 Å². The van der Waals surface area contributed by atoms with Gasteiger partial charge < -0.3 is 24.4 Å². The first kappa shape index (κ1) is 26.9. The molecule has 2 aliphatic rings. The second-order valence-electron chi connectivity index (χ2n) is 10.5. The predicted octanol–water partition coefficient (Wildman–Crippen LogP) is 4.78. The number of benzene rings is 2. The lowest BCUT2D eigenvalue weighted by Gasteiger charge is -2.36. The van der Waals surface area contributed by atoms with E-state index in [0.717, 1.165) is 56.5 Å². The zero-order valence-corrected chi connectivity index (χ0v) is 23.0. The zero-order valence-electron chi connectivity index (χ0n) is 23.0. The maximum Gasteiger partial charge on any atom is 0.409 e. The number of nitrogens with zero attached hydrogens (tertiary/aromatic N) is 4. The molecular formula is C31H39N5O3. The van der Waals surface area contributed by atoms with Crippen molar-refractivity contribution < 1.29 is 14.3 Å². The quantitative estimate of drug-likeness (QED) is 0.477. The summed E-state index contributed by atoms with van der Waals surface area (Å²) < 4.78 is 8.10. The highest BCUT2D eigenvalue weighted by molar-refractivity contribution is 5.98. The van der Waals surface area contributed by atoms with Crippen LogP contribution in [-0.4, -0.2) is 76.7 Å². The number of carbonyl (C=O) groups excluding carboxylic acids is 2. The maximum atomic E-state index is 14.2. The molecule has 1 saturated heterocycles. The molecule has 2 heterocycles. The van der Waals surface area contributed by atoms with E-state index in [9.17, 15) is 9.59 Å². The van der Waals surface area contributed by atoms with Gasteiger partial charge in [0, 0.05) is 44.8 Å². The minimum atomic E-state index is -0.309. The molecule has 1 aliphatic heterocycles. The Hall–Kier alpha value is -3.65. The van der Waals surface area contributed by atoms with Gasteiger partial charge >= 0.3 is 6.09 Å². The number of hydrogen-bond donors (Lipinski definition) is 1. The van der Waals surface area contributed by atoms with Crippen molar-refractivity contribution in [1.29, 1.82) is 0 Å². The van der Waals surface area contributed by atoms with Crippen molar-refractivity contribution >= 4 is 12.0 Å². The van der Waals surface area contributed by atoms with E-state index in [1.807, 2.05) is 60.4 Å². The Labute approximate surface area is 231 Å². The van der Waals surface area contributed by atoms with Gasteiger partial charge in [-0.1, -0.05) is 67.1 Å². The average Bonchev–Trinajstić information content (AvgIpc) is 3.43. The van der Waals surface area contributed by atoms with Crippen LogP contribution in [0.1, 0.15) is 54.7 Å². The molecule has 3 aromatic rings. The SMILES string of the molecule is CCN(C)C(=O)O[C@H]1CCCC[C@@H]1n1cnc(C(=O)N2CCNC[C@H]2Cc2ccccc2)c1-c1ccccc1. The largest absolute Gasteiger partial charge is 0.444 e. The van der Waals surface area contributed by atoms with Crippen LogP contribution >= 0.6 is 0 Å². The van der Waals surface area contributed by atoms with E-state index in [-0.39, 0.29) is 30.2 Å².